The summed E-state index contributed by atoms with van der Waals surface area (Å²) in [5, 5.41) is 8.87. The largest absolute Gasteiger partial charge is 0.480 e. The van der Waals surface area contributed by atoms with Gasteiger partial charge in [-0.3, -0.25) is 9.69 Å². The molecule has 0 aromatic rings. The average molecular weight is 279 g/mol. The van der Waals surface area contributed by atoms with Crippen molar-refractivity contribution in [1.82, 2.24) is 14.7 Å². The van der Waals surface area contributed by atoms with Gasteiger partial charge in [-0.25, -0.2) is 4.79 Å². The van der Waals surface area contributed by atoms with Crippen LogP contribution in [0.4, 0.5) is 4.79 Å². The first-order valence-corrected chi connectivity index (χ1v) is 7.05. The molecule has 2 aliphatic heterocycles. The molecule has 110 valence electrons. The summed E-state index contributed by atoms with van der Waals surface area (Å²) in [5.41, 5.74) is 0. The van der Waals surface area contributed by atoms with E-state index >= 15 is 0 Å². The third-order valence-electron chi connectivity index (χ3n) is 3.95. The number of fused-ring (bicyclic) bond motifs is 1. The van der Waals surface area contributed by atoms with E-state index < -0.39 is 5.97 Å². The van der Waals surface area contributed by atoms with Gasteiger partial charge >= 0.3 is 12.0 Å². The number of nitrogens with zero attached hydrogens (tertiary/aromatic N) is 3. The molecular formula is C14H21N3O3. The highest BCUT2D eigenvalue weighted by molar-refractivity contribution is 5.80. The summed E-state index contributed by atoms with van der Waals surface area (Å²) in [6, 6.07) is 0.165. The van der Waals surface area contributed by atoms with Crippen LogP contribution in [0.1, 0.15) is 19.3 Å². The molecular weight excluding hydrogens is 258 g/mol. The van der Waals surface area contributed by atoms with Crippen molar-refractivity contribution < 1.29 is 14.7 Å². The molecule has 2 amide bonds. The topological polar surface area (TPSA) is 64.1 Å². The predicted molar refractivity (Wildman–Crippen MR) is 74.2 cm³/mol. The maximum Gasteiger partial charge on any atom is 0.323 e. The zero-order valence-electron chi connectivity index (χ0n) is 11.6. The Morgan fingerprint density at radius 3 is 2.75 bits per heavy atom. The Morgan fingerprint density at radius 1 is 1.30 bits per heavy atom. The summed E-state index contributed by atoms with van der Waals surface area (Å²) in [6.07, 6.45) is 8.44. The van der Waals surface area contributed by atoms with Gasteiger partial charge in [0.1, 0.15) is 6.54 Å². The van der Waals surface area contributed by atoms with Crippen molar-refractivity contribution >= 4 is 12.0 Å². The SMILES string of the molecule is C#CCN(CC(=O)O)C(=O)N1CCCN2CCCC2C1. The van der Waals surface area contributed by atoms with Crippen LogP contribution in [0.3, 0.4) is 0 Å². The van der Waals surface area contributed by atoms with E-state index in [1.54, 1.807) is 4.90 Å². The first-order valence-electron chi connectivity index (χ1n) is 7.05. The Labute approximate surface area is 119 Å². The number of rotatable bonds is 3. The first kappa shape index (κ1) is 14.7. The van der Waals surface area contributed by atoms with Crippen molar-refractivity contribution in [2.45, 2.75) is 25.3 Å². The molecule has 20 heavy (non-hydrogen) atoms. The van der Waals surface area contributed by atoms with E-state index in [0.29, 0.717) is 19.1 Å². The maximum absolute atomic E-state index is 12.4. The van der Waals surface area contributed by atoms with Crippen LogP contribution in [0.2, 0.25) is 0 Å². The van der Waals surface area contributed by atoms with Gasteiger partial charge in [0, 0.05) is 25.7 Å². The van der Waals surface area contributed by atoms with E-state index in [1.807, 2.05) is 0 Å². The minimum atomic E-state index is -1.04. The second-order valence-electron chi connectivity index (χ2n) is 5.37. The maximum atomic E-state index is 12.4. The lowest BCUT2D eigenvalue weighted by molar-refractivity contribution is -0.137. The molecule has 0 bridgehead atoms. The molecule has 2 saturated heterocycles. The van der Waals surface area contributed by atoms with Gasteiger partial charge in [0.05, 0.1) is 6.54 Å². The molecule has 0 spiro atoms. The van der Waals surface area contributed by atoms with Crippen LogP contribution in [0.5, 0.6) is 0 Å². The number of urea groups is 1. The molecule has 6 nitrogen and oxygen atoms in total. The van der Waals surface area contributed by atoms with E-state index in [2.05, 4.69) is 10.8 Å². The Hall–Kier alpha value is -1.74. The number of carboxylic acid groups (broad SMARTS) is 1. The van der Waals surface area contributed by atoms with Crippen molar-refractivity contribution in [3.8, 4) is 12.3 Å². The van der Waals surface area contributed by atoms with Crippen LogP contribution >= 0.6 is 0 Å². The normalized spacial score (nSPS) is 22.8. The molecule has 0 saturated carbocycles. The van der Waals surface area contributed by atoms with Crippen LogP contribution in [-0.4, -0.2) is 77.1 Å². The summed E-state index contributed by atoms with van der Waals surface area (Å²) in [4.78, 5) is 28.7. The molecule has 0 aliphatic carbocycles. The van der Waals surface area contributed by atoms with Gasteiger partial charge in [-0.2, -0.15) is 0 Å². The lowest BCUT2D eigenvalue weighted by atomic mass is 10.2. The quantitative estimate of drug-likeness (QED) is 0.755. The van der Waals surface area contributed by atoms with Crippen molar-refractivity contribution in [1.29, 1.82) is 0 Å². The van der Waals surface area contributed by atoms with Gasteiger partial charge < -0.3 is 14.9 Å². The fourth-order valence-corrected chi connectivity index (χ4v) is 3.04. The molecule has 2 fully saturated rings. The van der Waals surface area contributed by atoms with Gasteiger partial charge in [0.15, 0.2) is 0 Å². The zero-order chi connectivity index (χ0) is 14.5. The fraction of sp³-hybridized carbons (Fsp3) is 0.714. The van der Waals surface area contributed by atoms with Crippen LogP contribution in [0.25, 0.3) is 0 Å². The summed E-state index contributed by atoms with van der Waals surface area (Å²) in [5.74, 6) is 1.32. The van der Waals surface area contributed by atoms with Crippen LogP contribution in [-0.2, 0) is 4.79 Å². The number of hydrogen-bond donors (Lipinski definition) is 1. The van der Waals surface area contributed by atoms with Gasteiger partial charge in [0.25, 0.3) is 0 Å². The number of carbonyl (C=O) groups excluding carboxylic acids is 1. The highest BCUT2D eigenvalue weighted by Gasteiger charge is 2.32. The van der Waals surface area contributed by atoms with Crippen molar-refractivity contribution in [2.24, 2.45) is 0 Å². The average Bonchev–Trinajstić information content (AvgIpc) is 2.74. The minimum absolute atomic E-state index is 0.0377. The number of terminal acetylenes is 1. The lowest BCUT2D eigenvalue weighted by Crippen LogP contribution is -2.48. The van der Waals surface area contributed by atoms with Crippen LogP contribution in [0, 0.1) is 12.3 Å². The van der Waals surface area contributed by atoms with Crippen molar-refractivity contribution in [3.63, 3.8) is 0 Å². The van der Waals surface area contributed by atoms with Crippen molar-refractivity contribution in [3.05, 3.63) is 0 Å². The zero-order valence-corrected chi connectivity index (χ0v) is 11.6. The molecule has 2 rings (SSSR count). The molecule has 1 N–H and O–H groups in total. The summed E-state index contributed by atoms with van der Waals surface area (Å²) >= 11 is 0. The number of aliphatic carboxylic acids is 1. The summed E-state index contributed by atoms with van der Waals surface area (Å²) in [6.45, 7) is 3.17. The molecule has 0 radical (unpaired) electrons. The molecule has 2 aliphatic rings. The fourth-order valence-electron chi connectivity index (χ4n) is 3.04. The smallest absolute Gasteiger partial charge is 0.323 e. The van der Waals surface area contributed by atoms with Gasteiger partial charge in [-0.05, 0) is 25.8 Å². The third-order valence-corrected chi connectivity index (χ3v) is 3.95. The second kappa shape index (κ2) is 6.62. The number of hydrogen-bond acceptors (Lipinski definition) is 3. The molecule has 0 aromatic carbocycles. The predicted octanol–water partition coefficient (Wildman–Crippen LogP) is 0.296. The van der Waals surface area contributed by atoms with E-state index in [4.69, 9.17) is 11.5 Å². The second-order valence-corrected chi connectivity index (χ2v) is 5.37. The Balaban J connectivity index is 2.02. The van der Waals surface area contributed by atoms with Crippen LogP contribution < -0.4 is 0 Å². The van der Waals surface area contributed by atoms with E-state index in [9.17, 15) is 9.59 Å². The van der Waals surface area contributed by atoms with E-state index in [1.165, 1.54) is 11.3 Å². The molecule has 1 atom stereocenters. The molecule has 6 heteroatoms. The number of amides is 2. The highest BCUT2D eigenvalue weighted by atomic mass is 16.4. The lowest BCUT2D eigenvalue weighted by Gasteiger charge is -2.30. The summed E-state index contributed by atoms with van der Waals surface area (Å²) in [7, 11) is 0. The minimum Gasteiger partial charge on any atom is -0.480 e. The van der Waals surface area contributed by atoms with E-state index in [-0.39, 0.29) is 19.1 Å². The monoisotopic (exact) mass is 279 g/mol. The van der Waals surface area contributed by atoms with Gasteiger partial charge in [-0.1, -0.05) is 5.92 Å². The Kier molecular flexibility index (Phi) is 4.85. The first-order chi connectivity index (χ1) is 9.61. The van der Waals surface area contributed by atoms with Gasteiger partial charge in [-0.15, -0.1) is 6.42 Å². The molecule has 2 heterocycles. The standard InChI is InChI=1S/C14H21N3O3/c1-2-6-16(11-13(18)19)14(20)17-9-4-8-15-7-3-5-12(15)10-17/h1,12H,3-11H2,(H,18,19). The number of carbonyl (C=O) groups is 2. The van der Waals surface area contributed by atoms with Crippen molar-refractivity contribution in [2.75, 3.05) is 39.3 Å². The Bertz CT molecular complexity index is 418. The molecule has 1 unspecified atom stereocenters. The van der Waals surface area contributed by atoms with Crippen LogP contribution in [0.15, 0.2) is 0 Å². The Morgan fingerprint density at radius 2 is 2.05 bits per heavy atom. The summed E-state index contributed by atoms with van der Waals surface area (Å²) < 4.78 is 0. The van der Waals surface area contributed by atoms with E-state index in [0.717, 1.165) is 25.9 Å². The van der Waals surface area contributed by atoms with Gasteiger partial charge in [0.2, 0.25) is 0 Å². The number of carboxylic acids is 1. The molecule has 0 aromatic heterocycles. The highest BCUT2D eigenvalue weighted by Crippen LogP contribution is 2.21. The third kappa shape index (κ3) is 3.42.